The molecule has 3 rings (SSSR count). The maximum atomic E-state index is 9.54. The van der Waals surface area contributed by atoms with Crippen LogP contribution in [-0.4, -0.2) is 7.11 Å². The lowest BCUT2D eigenvalue weighted by molar-refractivity contribution is 0.282. The molecule has 0 atom stereocenters. The second kappa shape index (κ2) is 9.84. The van der Waals surface area contributed by atoms with Crippen LogP contribution in [0.25, 0.3) is 11.6 Å². The summed E-state index contributed by atoms with van der Waals surface area (Å²) in [6.45, 7) is 0.258. The Kier molecular flexibility index (Phi) is 7.22. The maximum Gasteiger partial charge on any atom is 0.175 e. The minimum absolute atomic E-state index is 0.258. The molecule has 29 heavy (non-hydrogen) atoms. The van der Waals surface area contributed by atoms with Crippen LogP contribution in [0.2, 0.25) is 10.0 Å². The molecule has 0 saturated heterocycles. The third-order valence-corrected chi connectivity index (χ3v) is 5.33. The number of ether oxygens (including phenoxy) is 2. The van der Waals surface area contributed by atoms with E-state index < -0.39 is 0 Å². The molecule has 0 unspecified atom stereocenters. The molecule has 0 aromatic heterocycles. The molecule has 0 aliphatic rings. The van der Waals surface area contributed by atoms with Gasteiger partial charge in [0, 0.05) is 15.6 Å². The van der Waals surface area contributed by atoms with E-state index in [1.165, 1.54) is 0 Å². The maximum absolute atomic E-state index is 9.54. The van der Waals surface area contributed by atoms with Crippen molar-refractivity contribution in [3.8, 4) is 17.6 Å². The zero-order valence-electron chi connectivity index (χ0n) is 15.5. The molecule has 0 saturated carbocycles. The van der Waals surface area contributed by atoms with Crippen molar-refractivity contribution >= 4 is 50.8 Å². The van der Waals surface area contributed by atoms with E-state index in [-0.39, 0.29) is 6.61 Å². The monoisotopic (exact) mass is 487 g/mol. The predicted molar refractivity (Wildman–Crippen MR) is 121 cm³/mol. The van der Waals surface area contributed by atoms with Crippen LogP contribution in [0.5, 0.6) is 11.5 Å². The Hall–Kier alpha value is -2.45. The molecule has 3 aromatic rings. The van der Waals surface area contributed by atoms with Gasteiger partial charge in [0.15, 0.2) is 11.5 Å². The third kappa shape index (κ3) is 5.33. The van der Waals surface area contributed by atoms with Crippen LogP contribution in [0.15, 0.2) is 65.1 Å². The molecule has 0 heterocycles. The summed E-state index contributed by atoms with van der Waals surface area (Å²) in [5.74, 6) is 1.09. The van der Waals surface area contributed by atoms with Gasteiger partial charge in [0.05, 0.1) is 23.2 Å². The lowest BCUT2D eigenvalue weighted by Gasteiger charge is -2.14. The summed E-state index contributed by atoms with van der Waals surface area (Å²) in [4.78, 5) is 0. The molecule has 3 nitrogen and oxygen atoms in total. The van der Waals surface area contributed by atoms with Gasteiger partial charge in [-0.1, -0.05) is 59.6 Å². The van der Waals surface area contributed by atoms with E-state index >= 15 is 0 Å². The molecule has 0 fully saturated rings. The van der Waals surface area contributed by atoms with Gasteiger partial charge in [-0.25, -0.2) is 0 Å². The smallest absolute Gasteiger partial charge is 0.175 e. The molecule has 0 aliphatic heterocycles. The Balaban J connectivity index is 1.89. The SMILES string of the molecule is COc1cc(/C=C(/C#N)c2ccccc2)cc(Br)c1OCc1ccc(Cl)cc1Cl. The van der Waals surface area contributed by atoms with Crippen molar-refractivity contribution in [2.75, 3.05) is 7.11 Å². The standard InChI is InChI=1S/C23H16BrCl2NO2/c1-28-22-11-15(9-18(13-27)16-5-3-2-4-6-16)10-20(24)23(22)29-14-17-7-8-19(25)12-21(17)26/h2-12H,14H2,1H3/b18-9-. The van der Waals surface area contributed by atoms with Crippen LogP contribution >= 0.6 is 39.1 Å². The van der Waals surface area contributed by atoms with E-state index in [1.807, 2.05) is 54.6 Å². The molecule has 0 spiro atoms. The topological polar surface area (TPSA) is 42.2 Å². The van der Waals surface area contributed by atoms with Gasteiger partial charge < -0.3 is 9.47 Å². The number of rotatable bonds is 6. The molecule has 6 heteroatoms. The Labute approximate surface area is 188 Å². The molecule has 0 N–H and O–H groups in total. The second-order valence-electron chi connectivity index (χ2n) is 6.09. The first kappa shape index (κ1) is 21.3. The van der Waals surface area contributed by atoms with Crippen molar-refractivity contribution in [2.45, 2.75) is 6.61 Å². The van der Waals surface area contributed by atoms with Gasteiger partial charge in [0.2, 0.25) is 0 Å². The first-order chi connectivity index (χ1) is 14.0. The van der Waals surface area contributed by atoms with Crippen LogP contribution in [0.1, 0.15) is 16.7 Å². The van der Waals surface area contributed by atoms with Crippen LogP contribution in [0, 0.1) is 11.3 Å². The Morgan fingerprint density at radius 3 is 2.52 bits per heavy atom. The van der Waals surface area contributed by atoms with Gasteiger partial charge in [-0.05, 0) is 57.4 Å². The fraction of sp³-hybridized carbons (Fsp3) is 0.0870. The Morgan fingerprint density at radius 1 is 1.10 bits per heavy atom. The average molecular weight is 489 g/mol. The number of hydrogen-bond acceptors (Lipinski definition) is 3. The second-order valence-corrected chi connectivity index (χ2v) is 7.79. The number of allylic oxidation sites excluding steroid dienone is 1. The Morgan fingerprint density at radius 2 is 1.86 bits per heavy atom. The van der Waals surface area contributed by atoms with Crippen molar-refractivity contribution in [3.63, 3.8) is 0 Å². The summed E-state index contributed by atoms with van der Waals surface area (Å²) in [6, 6.07) is 20.7. The van der Waals surface area contributed by atoms with E-state index in [0.29, 0.717) is 31.6 Å². The molecular formula is C23H16BrCl2NO2. The van der Waals surface area contributed by atoms with Crippen LogP contribution in [0.3, 0.4) is 0 Å². The van der Waals surface area contributed by atoms with Gasteiger partial charge in [0.25, 0.3) is 0 Å². The van der Waals surface area contributed by atoms with E-state index in [4.69, 9.17) is 32.7 Å². The summed E-state index contributed by atoms with van der Waals surface area (Å²) >= 11 is 15.7. The number of methoxy groups -OCH3 is 1. The van der Waals surface area contributed by atoms with E-state index in [2.05, 4.69) is 22.0 Å². The molecule has 0 aliphatic carbocycles. The van der Waals surface area contributed by atoms with Gasteiger partial charge >= 0.3 is 0 Å². The number of nitriles is 1. The lowest BCUT2D eigenvalue weighted by Crippen LogP contribution is -2.00. The first-order valence-electron chi connectivity index (χ1n) is 8.63. The molecule has 0 bridgehead atoms. The molecule has 0 amide bonds. The van der Waals surface area contributed by atoms with Crippen molar-refractivity contribution in [1.29, 1.82) is 5.26 Å². The summed E-state index contributed by atoms with van der Waals surface area (Å²) in [7, 11) is 1.57. The lowest BCUT2D eigenvalue weighted by atomic mass is 10.0. The third-order valence-electron chi connectivity index (χ3n) is 4.16. The largest absolute Gasteiger partial charge is 0.493 e. The highest BCUT2D eigenvalue weighted by Crippen LogP contribution is 2.38. The number of halogens is 3. The predicted octanol–water partition coefficient (Wildman–Crippen LogP) is 7.41. The molecule has 3 aromatic carbocycles. The fourth-order valence-corrected chi connectivity index (χ4v) is 3.75. The zero-order valence-corrected chi connectivity index (χ0v) is 18.6. The van der Waals surface area contributed by atoms with Gasteiger partial charge in [-0.3, -0.25) is 0 Å². The minimum Gasteiger partial charge on any atom is -0.493 e. The average Bonchev–Trinajstić information content (AvgIpc) is 2.72. The minimum atomic E-state index is 0.258. The van der Waals surface area contributed by atoms with E-state index in [1.54, 1.807) is 19.2 Å². The van der Waals surface area contributed by atoms with Gasteiger partial charge in [-0.15, -0.1) is 0 Å². The normalized spacial score (nSPS) is 11.1. The van der Waals surface area contributed by atoms with Crippen molar-refractivity contribution in [3.05, 3.63) is 91.9 Å². The quantitative estimate of drug-likeness (QED) is 0.268. The zero-order chi connectivity index (χ0) is 20.8. The molecular weight excluding hydrogens is 473 g/mol. The van der Waals surface area contributed by atoms with Crippen LogP contribution in [-0.2, 0) is 6.61 Å². The van der Waals surface area contributed by atoms with Crippen LogP contribution < -0.4 is 9.47 Å². The van der Waals surface area contributed by atoms with Crippen LogP contribution in [0.4, 0.5) is 0 Å². The van der Waals surface area contributed by atoms with Gasteiger partial charge in [-0.2, -0.15) is 5.26 Å². The highest BCUT2D eigenvalue weighted by atomic mass is 79.9. The number of nitrogens with zero attached hydrogens (tertiary/aromatic N) is 1. The number of benzene rings is 3. The van der Waals surface area contributed by atoms with E-state index in [0.717, 1.165) is 16.7 Å². The summed E-state index contributed by atoms with van der Waals surface area (Å²) in [5.41, 5.74) is 3.03. The summed E-state index contributed by atoms with van der Waals surface area (Å²) in [5, 5.41) is 10.6. The van der Waals surface area contributed by atoms with Gasteiger partial charge in [0.1, 0.15) is 6.61 Å². The highest BCUT2D eigenvalue weighted by Gasteiger charge is 2.13. The van der Waals surface area contributed by atoms with Crippen molar-refractivity contribution < 1.29 is 9.47 Å². The van der Waals surface area contributed by atoms with Crippen molar-refractivity contribution in [1.82, 2.24) is 0 Å². The molecule has 0 radical (unpaired) electrons. The van der Waals surface area contributed by atoms with E-state index in [9.17, 15) is 5.26 Å². The summed E-state index contributed by atoms with van der Waals surface area (Å²) < 4.78 is 12.2. The van der Waals surface area contributed by atoms with Crippen molar-refractivity contribution in [2.24, 2.45) is 0 Å². The fourth-order valence-electron chi connectivity index (χ4n) is 2.72. The summed E-state index contributed by atoms with van der Waals surface area (Å²) in [6.07, 6.45) is 1.81. The highest BCUT2D eigenvalue weighted by molar-refractivity contribution is 9.10. The first-order valence-corrected chi connectivity index (χ1v) is 10.2. The Bertz CT molecular complexity index is 1090. The molecule has 146 valence electrons. The number of hydrogen-bond donors (Lipinski definition) is 0.